The molecule has 0 amide bonds. The molecule has 1 unspecified atom stereocenters. The average molecular weight is 268 g/mol. The van der Waals surface area contributed by atoms with E-state index in [0.717, 1.165) is 18.7 Å². The van der Waals surface area contributed by atoms with Crippen LogP contribution in [0.1, 0.15) is 47.3 Å². The molecule has 0 fully saturated rings. The van der Waals surface area contributed by atoms with Gasteiger partial charge in [-0.25, -0.2) is 0 Å². The lowest BCUT2D eigenvalue weighted by Gasteiger charge is -2.23. The molecule has 2 heteroatoms. The molecule has 20 heavy (non-hydrogen) atoms. The van der Waals surface area contributed by atoms with Crippen molar-refractivity contribution in [3.8, 4) is 0 Å². The average Bonchev–Trinajstić information content (AvgIpc) is 2.44. The minimum atomic E-state index is 0.226. The number of aromatic nitrogens is 1. The van der Waals surface area contributed by atoms with Crippen LogP contribution in [0.4, 0.5) is 0 Å². The monoisotopic (exact) mass is 268 g/mol. The van der Waals surface area contributed by atoms with Crippen molar-refractivity contribution in [3.05, 3.63) is 64.5 Å². The second-order valence-electron chi connectivity index (χ2n) is 5.43. The van der Waals surface area contributed by atoms with Gasteiger partial charge < -0.3 is 5.32 Å². The van der Waals surface area contributed by atoms with Crippen LogP contribution in [-0.2, 0) is 0 Å². The first-order valence-electron chi connectivity index (χ1n) is 7.35. The predicted octanol–water partition coefficient (Wildman–Crippen LogP) is 4.10. The summed E-state index contributed by atoms with van der Waals surface area (Å²) in [6.45, 7) is 9.62. The standard InChI is InChI=1S/C18H24N2/c1-5-10-20-18(16-7-6-11-19-15(16)4)17-12-13(2)8-9-14(17)3/h6-9,11-12,18,20H,5,10H2,1-4H3. The zero-order valence-corrected chi connectivity index (χ0v) is 12.9. The molecule has 1 aromatic heterocycles. The summed E-state index contributed by atoms with van der Waals surface area (Å²) in [7, 11) is 0. The Bertz CT molecular complexity index is 575. The Morgan fingerprint density at radius 1 is 1.10 bits per heavy atom. The molecule has 2 rings (SSSR count). The van der Waals surface area contributed by atoms with E-state index in [4.69, 9.17) is 0 Å². The van der Waals surface area contributed by atoms with Gasteiger partial charge in [0.2, 0.25) is 0 Å². The van der Waals surface area contributed by atoms with E-state index < -0.39 is 0 Å². The van der Waals surface area contributed by atoms with Crippen molar-refractivity contribution in [1.29, 1.82) is 0 Å². The summed E-state index contributed by atoms with van der Waals surface area (Å²) in [4.78, 5) is 4.45. The molecule has 0 aliphatic heterocycles. The Morgan fingerprint density at radius 2 is 1.90 bits per heavy atom. The van der Waals surface area contributed by atoms with E-state index in [1.807, 2.05) is 12.3 Å². The highest BCUT2D eigenvalue weighted by atomic mass is 14.9. The number of hydrogen-bond acceptors (Lipinski definition) is 2. The number of pyridine rings is 1. The van der Waals surface area contributed by atoms with E-state index >= 15 is 0 Å². The topological polar surface area (TPSA) is 24.9 Å². The van der Waals surface area contributed by atoms with Crippen LogP contribution in [0.15, 0.2) is 36.5 Å². The SMILES string of the molecule is CCCNC(c1cc(C)ccc1C)c1cccnc1C. The van der Waals surface area contributed by atoms with Gasteiger partial charge in [0, 0.05) is 11.9 Å². The smallest absolute Gasteiger partial charge is 0.0597 e. The molecule has 2 aromatic rings. The highest BCUT2D eigenvalue weighted by molar-refractivity contribution is 5.40. The largest absolute Gasteiger partial charge is 0.306 e. The Morgan fingerprint density at radius 3 is 2.60 bits per heavy atom. The van der Waals surface area contributed by atoms with Gasteiger partial charge in [-0.05, 0) is 56.5 Å². The fraction of sp³-hybridized carbons (Fsp3) is 0.389. The molecule has 1 aromatic carbocycles. The maximum absolute atomic E-state index is 4.45. The highest BCUT2D eigenvalue weighted by Gasteiger charge is 2.17. The third-order valence-electron chi connectivity index (χ3n) is 3.70. The quantitative estimate of drug-likeness (QED) is 0.883. The Hall–Kier alpha value is -1.67. The Balaban J connectivity index is 2.47. The first kappa shape index (κ1) is 14.7. The Labute approximate surface area is 122 Å². The van der Waals surface area contributed by atoms with Crippen LogP contribution in [0.5, 0.6) is 0 Å². The third-order valence-corrected chi connectivity index (χ3v) is 3.70. The molecule has 0 aliphatic rings. The molecule has 0 bridgehead atoms. The van der Waals surface area contributed by atoms with Crippen LogP contribution in [0.2, 0.25) is 0 Å². The molecule has 106 valence electrons. The summed E-state index contributed by atoms with van der Waals surface area (Å²) in [5, 5.41) is 3.67. The lowest BCUT2D eigenvalue weighted by molar-refractivity contribution is 0.591. The molecule has 0 spiro atoms. The summed E-state index contributed by atoms with van der Waals surface area (Å²) in [6.07, 6.45) is 2.99. The molecular weight excluding hydrogens is 244 g/mol. The van der Waals surface area contributed by atoms with Gasteiger partial charge in [-0.15, -0.1) is 0 Å². The molecular formula is C18H24N2. The van der Waals surface area contributed by atoms with E-state index in [-0.39, 0.29) is 6.04 Å². The summed E-state index contributed by atoms with van der Waals surface area (Å²) >= 11 is 0. The van der Waals surface area contributed by atoms with Gasteiger partial charge in [-0.2, -0.15) is 0 Å². The lowest BCUT2D eigenvalue weighted by Crippen LogP contribution is -2.25. The van der Waals surface area contributed by atoms with E-state index in [1.165, 1.54) is 22.3 Å². The first-order valence-corrected chi connectivity index (χ1v) is 7.35. The molecule has 1 heterocycles. The molecule has 0 radical (unpaired) electrons. The molecule has 1 N–H and O–H groups in total. The molecule has 2 nitrogen and oxygen atoms in total. The fourth-order valence-corrected chi connectivity index (χ4v) is 2.55. The van der Waals surface area contributed by atoms with Gasteiger partial charge in [0.05, 0.1) is 6.04 Å². The van der Waals surface area contributed by atoms with E-state index in [9.17, 15) is 0 Å². The van der Waals surface area contributed by atoms with Crippen molar-refractivity contribution in [3.63, 3.8) is 0 Å². The van der Waals surface area contributed by atoms with E-state index in [0.29, 0.717) is 0 Å². The van der Waals surface area contributed by atoms with Crippen LogP contribution in [-0.4, -0.2) is 11.5 Å². The number of rotatable bonds is 5. The number of nitrogens with zero attached hydrogens (tertiary/aromatic N) is 1. The normalized spacial score (nSPS) is 12.4. The van der Waals surface area contributed by atoms with Crippen molar-refractivity contribution in [2.45, 2.75) is 40.2 Å². The summed E-state index contributed by atoms with van der Waals surface area (Å²) in [6, 6.07) is 11.1. The van der Waals surface area contributed by atoms with Gasteiger partial charge in [0.15, 0.2) is 0 Å². The van der Waals surface area contributed by atoms with Crippen molar-refractivity contribution in [1.82, 2.24) is 10.3 Å². The number of nitrogens with one attached hydrogen (secondary N) is 1. The van der Waals surface area contributed by atoms with Crippen LogP contribution < -0.4 is 5.32 Å². The Kier molecular flexibility index (Phi) is 4.91. The zero-order chi connectivity index (χ0) is 14.5. The lowest BCUT2D eigenvalue weighted by atomic mass is 9.92. The van der Waals surface area contributed by atoms with Gasteiger partial charge in [-0.3, -0.25) is 4.98 Å². The molecule has 0 aliphatic carbocycles. The van der Waals surface area contributed by atoms with Crippen LogP contribution in [0.3, 0.4) is 0 Å². The zero-order valence-electron chi connectivity index (χ0n) is 12.9. The van der Waals surface area contributed by atoms with Crippen LogP contribution in [0.25, 0.3) is 0 Å². The van der Waals surface area contributed by atoms with Crippen LogP contribution >= 0.6 is 0 Å². The second kappa shape index (κ2) is 6.67. The maximum Gasteiger partial charge on any atom is 0.0597 e. The van der Waals surface area contributed by atoms with Crippen molar-refractivity contribution in [2.75, 3.05) is 6.54 Å². The maximum atomic E-state index is 4.45. The summed E-state index contributed by atoms with van der Waals surface area (Å²) in [5.74, 6) is 0. The van der Waals surface area contributed by atoms with Crippen molar-refractivity contribution >= 4 is 0 Å². The minimum absolute atomic E-state index is 0.226. The number of benzene rings is 1. The van der Waals surface area contributed by atoms with E-state index in [2.05, 4.69) is 62.3 Å². The van der Waals surface area contributed by atoms with Gasteiger partial charge in [-0.1, -0.05) is 36.8 Å². The van der Waals surface area contributed by atoms with Gasteiger partial charge in [0.1, 0.15) is 0 Å². The molecule has 0 saturated heterocycles. The number of aryl methyl sites for hydroxylation is 3. The predicted molar refractivity (Wildman–Crippen MR) is 85.0 cm³/mol. The molecule has 1 atom stereocenters. The fourth-order valence-electron chi connectivity index (χ4n) is 2.55. The second-order valence-corrected chi connectivity index (χ2v) is 5.43. The third kappa shape index (κ3) is 3.26. The molecule has 0 saturated carbocycles. The van der Waals surface area contributed by atoms with Gasteiger partial charge >= 0.3 is 0 Å². The number of hydrogen-bond donors (Lipinski definition) is 1. The van der Waals surface area contributed by atoms with Crippen molar-refractivity contribution in [2.24, 2.45) is 0 Å². The summed E-state index contributed by atoms with van der Waals surface area (Å²) < 4.78 is 0. The first-order chi connectivity index (χ1) is 9.63. The summed E-state index contributed by atoms with van der Waals surface area (Å²) in [5.41, 5.74) is 6.36. The highest BCUT2D eigenvalue weighted by Crippen LogP contribution is 2.27. The van der Waals surface area contributed by atoms with Crippen molar-refractivity contribution < 1.29 is 0 Å². The van der Waals surface area contributed by atoms with Crippen LogP contribution in [0, 0.1) is 20.8 Å². The van der Waals surface area contributed by atoms with Gasteiger partial charge in [0.25, 0.3) is 0 Å². The van der Waals surface area contributed by atoms with E-state index in [1.54, 1.807) is 0 Å². The minimum Gasteiger partial charge on any atom is -0.306 e.